The number of hydrogen-bond acceptors (Lipinski definition) is 4. The first-order valence-electron chi connectivity index (χ1n) is 8.95. The largest absolute Gasteiger partial charge is 0.494 e. The second-order valence-electron chi connectivity index (χ2n) is 6.61. The molecule has 2 N–H and O–H groups in total. The molecule has 1 aliphatic rings. The Balaban J connectivity index is 1.40. The lowest BCUT2D eigenvalue weighted by molar-refractivity contribution is 0.275. The summed E-state index contributed by atoms with van der Waals surface area (Å²) in [5, 5.41) is 0. The van der Waals surface area contributed by atoms with E-state index in [0.29, 0.717) is 6.04 Å². The minimum Gasteiger partial charge on any atom is -0.494 e. The van der Waals surface area contributed by atoms with Crippen LogP contribution in [0.15, 0.2) is 43.0 Å². The number of likely N-dealkylation sites (tertiary alicyclic amines) is 1. The van der Waals surface area contributed by atoms with Gasteiger partial charge in [-0.25, -0.2) is 4.98 Å². The van der Waals surface area contributed by atoms with Crippen LogP contribution in [0.1, 0.15) is 31.2 Å². The zero-order valence-electron chi connectivity index (χ0n) is 14.3. The molecule has 2 aromatic rings. The Morgan fingerprint density at radius 2 is 2.04 bits per heavy atom. The predicted octanol–water partition coefficient (Wildman–Crippen LogP) is 2.67. The summed E-state index contributed by atoms with van der Waals surface area (Å²) >= 11 is 0. The molecule has 1 saturated heterocycles. The fourth-order valence-electron chi connectivity index (χ4n) is 3.15. The molecule has 0 spiro atoms. The molecule has 5 heteroatoms. The van der Waals surface area contributed by atoms with Crippen LogP contribution >= 0.6 is 0 Å². The van der Waals surface area contributed by atoms with E-state index < -0.39 is 0 Å². The van der Waals surface area contributed by atoms with Gasteiger partial charge >= 0.3 is 0 Å². The molecule has 0 radical (unpaired) electrons. The van der Waals surface area contributed by atoms with Crippen LogP contribution in [-0.4, -0.2) is 40.2 Å². The quantitative estimate of drug-likeness (QED) is 0.794. The number of rotatable bonds is 7. The van der Waals surface area contributed by atoms with Gasteiger partial charge in [0, 0.05) is 31.5 Å². The molecular weight excluding hydrogens is 300 g/mol. The van der Waals surface area contributed by atoms with E-state index in [2.05, 4.69) is 38.7 Å². The number of aryl methyl sites for hydroxylation is 1. The highest BCUT2D eigenvalue weighted by Gasteiger charge is 2.14. The number of ether oxygens (including phenoxy) is 1. The van der Waals surface area contributed by atoms with E-state index in [0.717, 1.165) is 57.8 Å². The van der Waals surface area contributed by atoms with Crippen LogP contribution in [0.2, 0.25) is 0 Å². The molecule has 1 atom stereocenters. The van der Waals surface area contributed by atoms with Gasteiger partial charge in [0.15, 0.2) is 0 Å². The van der Waals surface area contributed by atoms with Crippen molar-refractivity contribution in [2.45, 2.75) is 44.8 Å². The van der Waals surface area contributed by atoms with Gasteiger partial charge in [0.05, 0.1) is 12.9 Å². The fraction of sp³-hybridized carbons (Fsp3) is 0.526. The summed E-state index contributed by atoms with van der Waals surface area (Å²) in [7, 11) is 0. The first kappa shape index (κ1) is 17.0. The molecule has 5 nitrogen and oxygen atoms in total. The van der Waals surface area contributed by atoms with Gasteiger partial charge in [-0.3, -0.25) is 4.90 Å². The Kier molecular flexibility index (Phi) is 6.26. The van der Waals surface area contributed by atoms with E-state index in [1.54, 1.807) is 6.20 Å². The summed E-state index contributed by atoms with van der Waals surface area (Å²) in [4.78, 5) is 6.55. The number of aromatic nitrogens is 2. The molecule has 2 heterocycles. The predicted molar refractivity (Wildman–Crippen MR) is 95.9 cm³/mol. The number of hydrogen-bond donors (Lipinski definition) is 1. The highest BCUT2D eigenvalue weighted by atomic mass is 16.5. The summed E-state index contributed by atoms with van der Waals surface area (Å²) < 4.78 is 7.89. The highest BCUT2D eigenvalue weighted by Crippen LogP contribution is 2.16. The van der Waals surface area contributed by atoms with Crippen molar-refractivity contribution in [3.05, 3.63) is 48.5 Å². The van der Waals surface area contributed by atoms with Gasteiger partial charge in [-0.2, -0.15) is 0 Å². The molecule has 3 rings (SSSR count). The van der Waals surface area contributed by atoms with Gasteiger partial charge in [0.2, 0.25) is 0 Å². The van der Waals surface area contributed by atoms with Crippen LogP contribution in [0, 0.1) is 0 Å². The van der Waals surface area contributed by atoms with E-state index in [4.69, 9.17) is 10.5 Å². The van der Waals surface area contributed by atoms with Gasteiger partial charge in [-0.1, -0.05) is 12.1 Å². The summed E-state index contributed by atoms with van der Waals surface area (Å²) in [5.74, 6) is 0.947. The maximum Gasteiger partial charge on any atom is 0.119 e. The van der Waals surface area contributed by atoms with Crippen molar-refractivity contribution < 1.29 is 4.74 Å². The van der Waals surface area contributed by atoms with Crippen LogP contribution in [0.5, 0.6) is 5.75 Å². The molecule has 1 aromatic heterocycles. The number of nitrogens with zero attached hydrogens (tertiary/aromatic N) is 3. The average Bonchev–Trinajstić information content (AvgIpc) is 3.03. The standard InChI is InChI=1S/C19H28N4O/c20-18-3-1-10-22(12-8-18)15-17-4-6-19(7-5-17)24-14-2-11-23-13-9-21-16-23/h4-7,9,13,16,18H,1-3,8,10-12,14-15,20H2/t18-/m0/s1. The van der Waals surface area contributed by atoms with Crippen LogP contribution < -0.4 is 10.5 Å². The number of benzene rings is 1. The summed E-state index contributed by atoms with van der Waals surface area (Å²) in [6, 6.07) is 8.89. The Bertz CT molecular complexity index is 582. The molecule has 0 saturated carbocycles. The number of imidazole rings is 1. The Hall–Kier alpha value is -1.85. The topological polar surface area (TPSA) is 56.3 Å². The first-order chi connectivity index (χ1) is 11.8. The third-order valence-electron chi connectivity index (χ3n) is 4.58. The minimum atomic E-state index is 0.382. The van der Waals surface area contributed by atoms with Crippen LogP contribution in [-0.2, 0) is 13.1 Å². The molecule has 1 aliphatic heterocycles. The van der Waals surface area contributed by atoms with Crippen LogP contribution in [0.3, 0.4) is 0 Å². The lowest BCUT2D eigenvalue weighted by atomic mass is 10.1. The molecule has 130 valence electrons. The van der Waals surface area contributed by atoms with E-state index in [1.165, 1.54) is 12.0 Å². The molecular formula is C19H28N4O. The van der Waals surface area contributed by atoms with E-state index in [9.17, 15) is 0 Å². The normalized spacial score (nSPS) is 19.1. The van der Waals surface area contributed by atoms with Gasteiger partial charge in [0.1, 0.15) is 5.75 Å². The maximum absolute atomic E-state index is 6.05. The van der Waals surface area contributed by atoms with Crippen molar-refractivity contribution in [2.24, 2.45) is 5.73 Å². The average molecular weight is 328 g/mol. The third-order valence-corrected chi connectivity index (χ3v) is 4.58. The van der Waals surface area contributed by atoms with Crippen LogP contribution in [0.4, 0.5) is 0 Å². The van der Waals surface area contributed by atoms with E-state index in [-0.39, 0.29) is 0 Å². The zero-order valence-corrected chi connectivity index (χ0v) is 14.3. The molecule has 0 unspecified atom stereocenters. The zero-order chi connectivity index (χ0) is 16.6. The van der Waals surface area contributed by atoms with Crippen molar-refractivity contribution in [3.63, 3.8) is 0 Å². The lowest BCUT2D eigenvalue weighted by Gasteiger charge is -2.20. The monoisotopic (exact) mass is 328 g/mol. The first-order valence-corrected chi connectivity index (χ1v) is 8.95. The number of nitrogens with two attached hydrogens (primary N) is 1. The van der Waals surface area contributed by atoms with Crippen molar-refractivity contribution in [3.8, 4) is 5.75 Å². The van der Waals surface area contributed by atoms with Gasteiger partial charge in [0.25, 0.3) is 0 Å². The Labute approximate surface area is 144 Å². The Morgan fingerprint density at radius 1 is 1.17 bits per heavy atom. The molecule has 0 bridgehead atoms. The van der Waals surface area contributed by atoms with Gasteiger partial charge < -0.3 is 15.0 Å². The minimum absolute atomic E-state index is 0.382. The van der Waals surface area contributed by atoms with Crippen molar-refractivity contribution >= 4 is 0 Å². The van der Waals surface area contributed by atoms with Crippen molar-refractivity contribution in [2.75, 3.05) is 19.7 Å². The molecule has 24 heavy (non-hydrogen) atoms. The third kappa shape index (κ3) is 5.35. The van der Waals surface area contributed by atoms with Gasteiger partial charge in [-0.15, -0.1) is 0 Å². The lowest BCUT2D eigenvalue weighted by Crippen LogP contribution is -2.26. The second-order valence-corrected chi connectivity index (χ2v) is 6.61. The smallest absolute Gasteiger partial charge is 0.119 e. The molecule has 0 amide bonds. The fourth-order valence-corrected chi connectivity index (χ4v) is 3.15. The summed E-state index contributed by atoms with van der Waals surface area (Å²) in [6.45, 7) is 4.93. The molecule has 1 aromatic carbocycles. The summed E-state index contributed by atoms with van der Waals surface area (Å²) in [5.41, 5.74) is 7.39. The second kappa shape index (κ2) is 8.85. The van der Waals surface area contributed by atoms with Crippen LogP contribution in [0.25, 0.3) is 0 Å². The SMILES string of the molecule is N[C@H]1CCCN(Cc2ccc(OCCCn3ccnc3)cc2)CC1. The van der Waals surface area contributed by atoms with E-state index in [1.807, 2.05) is 12.5 Å². The Morgan fingerprint density at radius 3 is 2.83 bits per heavy atom. The van der Waals surface area contributed by atoms with Crippen molar-refractivity contribution in [1.82, 2.24) is 14.5 Å². The highest BCUT2D eigenvalue weighted by molar-refractivity contribution is 5.27. The van der Waals surface area contributed by atoms with E-state index >= 15 is 0 Å². The maximum atomic E-state index is 6.05. The molecule has 0 aliphatic carbocycles. The van der Waals surface area contributed by atoms with Gasteiger partial charge in [-0.05, 0) is 56.5 Å². The summed E-state index contributed by atoms with van der Waals surface area (Å²) in [6.07, 6.45) is 10.1. The molecule has 1 fully saturated rings. The van der Waals surface area contributed by atoms with Crippen molar-refractivity contribution in [1.29, 1.82) is 0 Å².